The molecular formula is C6H4IN3S. The molecule has 0 fully saturated rings. The highest BCUT2D eigenvalue weighted by Crippen LogP contribution is 2.21. The minimum absolute atomic E-state index is 0.578. The molecule has 0 saturated carbocycles. The fraction of sp³-hybridized carbons (Fsp3) is 0. The molecule has 56 valence electrons. The van der Waals surface area contributed by atoms with Gasteiger partial charge in [-0.2, -0.15) is 0 Å². The number of hydrogen-bond acceptors (Lipinski definition) is 4. The van der Waals surface area contributed by atoms with E-state index in [0.717, 1.165) is 14.0 Å². The van der Waals surface area contributed by atoms with Crippen LogP contribution in [0.25, 0.3) is 10.3 Å². The average Bonchev–Trinajstić information content (AvgIpc) is 2.27. The van der Waals surface area contributed by atoms with Gasteiger partial charge in [-0.3, -0.25) is 0 Å². The van der Waals surface area contributed by atoms with E-state index in [0.29, 0.717) is 5.13 Å². The summed E-state index contributed by atoms with van der Waals surface area (Å²) in [5, 5.41) is 0.578. The Morgan fingerprint density at radius 1 is 1.36 bits per heavy atom. The monoisotopic (exact) mass is 277 g/mol. The van der Waals surface area contributed by atoms with Crippen molar-refractivity contribution in [1.82, 2.24) is 9.97 Å². The lowest BCUT2D eigenvalue weighted by Crippen LogP contribution is -1.79. The van der Waals surface area contributed by atoms with E-state index < -0.39 is 0 Å². The Labute approximate surface area is 80.8 Å². The van der Waals surface area contributed by atoms with Crippen LogP contribution in [0.4, 0.5) is 5.13 Å². The van der Waals surface area contributed by atoms with E-state index in [1.54, 1.807) is 0 Å². The molecule has 0 aliphatic rings. The summed E-state index contributed by atoms with van der Waals surface area (Å²) in [5.74, 6) is 0. The molecule has 0 unspecified atom stereocenters. The zero-order chi connectivity index (χ0) is 7.84. The second-order valence-corrected chi connectivity index (χ2v) is 4.12. The SMILES string of the molecule is Nc1nc2ccc(I)nc2s1. The highest BCUT2D eigenvalue weighted by molar-refractivity contribution is 14.1. The highest BCUT2D eigenvalue weighted by Gasteiger charge is 2.00. The largest absolute Gasteiger partial charge is 0.375 e. The van der Waals surface area contributed by atoms with Crippen LogP contribution >= 0.6 is 33.9 Å². The molecular weight excluding hydrogens is 273 g/mol. The zero-order valence-corrected chi connectivity index (χ0v) is 8.39. The number of hydrogen-bond donors (Lipinski definition) is 1. The van der Waals surface area contributed by atoms with Gasteiger partial charge in [-0.15, -0.1) is 0 Å². The molecule has 0 aliphatic carbocycles. The van der Waals surface area contributed by atoms with Gasteiger partial charge in [0.1, 0.15) is 14.0 Å². The third-order valence-corrected chi connectivity index (χ3v) is 2.63. The first-order valence-corrected chi connectivity index (χ1v) is 4.84. The Balaban J connectivity index is 2.82. The molecule has 2 heterocycles. The van der Waals surface area contributed by atoms with Crippen molar-refractivity contribution in [2.75, 3.05) is 5.73 Å². The fourth-order valence-electron chi connectivity index (χ4n) is 0.811. The van der Waals surface area contributed by atoms with E-state index in [9.17, 15) is 0 Å². The molecule has 0 radical (unpaired) electrons. The second kappa shape index (κ2) is 2.56. The lowest BCUT2D eigenvalue weighted by atomic mass is 10.5. The van der Waals surface area contributed by atoms with Crippen LogP contribution in [0.15, 0.2) is 12.1 Å². The quantitative estimate of drug-likeness (QED) is 0.591. The summed E-state index contributed by atoms with van der Waals surface area (Å²) >= 11 is 3.58. The first-order chi connectivity index (χ1) is 5.25. The van der Waals surface area contributed by atoms with Gasteiger partial charge in [-0.1, -0.05) is 11.3 Å². The van der Waals surface area contributed by atoms with E-state index in [1.165, 1.54) is 11.3 Å². The van der Waals surface area contributed by atoms with Crippen LogP contribution in [-0.2, 0) is 0 Å². The number of anilines is 1. The van der Waals surface area contributed by atoms with Crippen LogP contribution in [0.1, 0.15) is 0 Å². The smallest absolute Gasteiger partial charge is 0.182 e. The predicted octanol–water partition coefficient (Wildman–Crippen LogP) is 1.88. The van der Waals surface area contributed by atoms with Gasteiger partial charge in [0, 0.05) is 0 Å². The van der Waals surface area contributed by atoms with Gasteiger partial charge in [0.25, 0.3) is 0 Å². The number of rotatable bonds is 0. The lowest BCUT2D eigenvalue weighted by molar-refractivity contribution is 1.35. The first kappa shape index (κ1) is 7.23. The molecule has 0 aliphatic heterocycles. The maximum absolute atomic E-state index is 5.51. The van der Waals surface area contributed by atoms with E-state index >= 15 is 0 Å². The number of nitrogens with zero attached hydrogens (tertiary/aromatic N) is 2. The summed E-state index contributed by atoms with van der Waals surface area (Å²) in [6.45, 7) is 0. The average molecular weight is 277 g/mol. The van der Waals surface area contributed by atoms with Crippen LogP contribution in [0.2, 0.25) is 0 Å². The molecule has 5 heteroatoms. The maximum Gasteiger partial charge on any atom is 0.182 e. The van der Waals surface area contributed by atoms with Gasteiger partial charge in [0.2, 0.25) is 0 Å². The van der Waals surface area contributed by atoms with Gasteiger partial charge < -0.3 is 5.73 Å². The first-order valence-electron chi connectivity index (χ1n) is 2.94. The van der Waals surface area contributed by atoms with Crippen LogP contribution in [-0.4, -0.2) is 9.97 Å². The molecule has 2 aromatic heterocycles. The van der Waals surface area contributed by atoms with Crippen molar-refractivity contribution in [3.8, 4) is 0 Å². The number of pyridine rings is 1. The number of halogens is 1. The molecule has 2 N–H and O–H groups in total. The van der Waals surface area contributed by atoms with Crippen molar-refractivity contribution in [2.24, 2.45) is 0 Å². The summed E-state index contributed by atoms with van der Waals surface area (Å²) in [6, 6.07) is 3.85. The van der Waals surface area contributed by atoms with Gasteiger partial charge in [0.15, 0.2) is 5.13 Å². The Morgan fingerprint density at radius 3 is 3.00 bits per heavy atom. The summed E-state index contributed by atoms with van der Waals surface area (Å²) in [4.78, 5) is 9.26. The van der Waals surface area contributed by atoms with Gasteiger partial charge in [0.05, 0.1) is 0 Å². The Kier molecular flexibility index (Phi) is 1.68. The van der Waals surface area contributed by atoms with Crippen LogP contribution in [0.3, 0.4) is 0 Å². The summed E-state index contributed by atoms with van der Waals surface area (Å²) in [6.07, 6.45) is 0. The molecule has 0 aromatic carbocycles. The number of nitrogens with two attached hydrogens (primary N) is 1. The normalized spacial score (nSPS) is 10.6. The second-order valence-electron chi connectivity index (χ2n) is 2.01. The minimum Gasteiger partial charge on any atom is -0.375 e. The minimum atomic E-state index is 0.578. The molecule has 3 nitrogen and oxygen atoms in total. The molecule has 0 bridgehead atoms. The summed E-state index contributed by atoms with van der Waals surface area (Å²) in [5.41, 5.74) is 6.39. The maximum atomic E-state index is 5.51. The third kappa shape index (κ3) is 1.30. The standard InChI is InChI=1S/C6H4IN3S/c7-4-2-1-3-5(10-4)11-6(8)9-3/h1-2H,(H2,8,9). The van der Waals surface area contributed by atoms with Crippen molar-refractivity contribution in [3.05, 3.63) is 15.8 Å². The molecule has 0 atom stereocenters. The van der Waals surface area contributed by atoms with Gasteiger partial charge in [-0.25, -0.2) is 9.97 Å². The fourth-order valence-corrected chi connectivity index (χ4v) is 2.10. The van der Waals surface area contributed by atoms with E-state index in [4.69, 9.17) is 5.73 Å². The lowest BCUT2D eigenvalue weighted by Gasteiger charge is -1.86. The molecule has 0 spiro atoms. The third-order valence-electron chi connectivity index (χ3n) is 1.24. The Morgan fingerprint density at radius 2 is 2.18 bits per heavy atom. The number of thiazole rings is 1. The number of nitrogen functional groups attached to an aromatic ring is 1. The topological polar surface area (TPSA) is 51.8 Å². The number of aromatic nitrogens is 2. The van der Waals surface area contributed by atoms with Crippen LogP contribution < -0.4 is 5.73 Å². The van der Waals surface area contributed by atoms with E-state index in [1.807, 2.05) is 12.1 Å². The van der Waals surface area contributed by atoms with E-state index in [-0.39, 0.29) is 0 Å². The van der Waals surface area contributed by atoms with Crippen LogP contribution in [0, 0.1) is 3.70 Å². The van der Waals surface area contributed by atoms with Crippen molar-refractivity contribution in [3.63, 3.8) is 0 Å². The molecule has 2 rings (SSSR count). The van der Waals surface area contributed by atoms with Gasteiger partial charge >= 0.3 is 0 Å². The molecule has 0 amide bonds. The van der Waals surface area contributed by atoms with Crippen molar-refractivity contribution in [2.45, 2.75) is 0 Å². The predicted molar refractivity (Wildman–Crippen MR) is 54.5 cm³/mol. The zero-order valence-electron chi connectivity index (χ0n) is 5.41. The molecule has 11 heavy (non-hydrogen) atoms. The number of fused-ring (bicyclic) bond motifs is 1. The van der Waals surface area contributed by atoms with E-state index in [2.05, 4.69) is 32.6 Å². The summed E-state index contributed by atoms with van der Waals surface area (Å²) in [7, 11) is 0. The molecule has 0 saturated heterocycles. The van der Waals surface area contributed by atoms with Crippen molar-refractivity contribution >= 4 is 49.4 Å². The highest BCUT2D eigenvalue weighted by atomic mass is 127. The molecule has 2 aromatic rings. The van der Waals surface area contributed by atoms with Gasteiger partial charge in [-0.05, 0) is 34.7 Å². The van der Waals surface area contributed by atoms with Crippen molar-refractivity contribution in [1.29, 1.82) is 0 Å². The summed E-state index contributed by atoms with van der Waals surface area (Å²) < 4.78 is 0.971. The Bertz CT molecular complexity index is 398. The Hall–Kier alpha value is -0.430. The van der Waals surface area contributed by atoms with Crippen molar-refractivity contribution < 1.29 is 0 Å². The van der Waals surface area contributed by atoms with Crippen LogP contribution in [0.5, 0.6) is 0 Å².